The smallest absolute Gasteiger partial charge is 0.0247 e. The molecule has 0 aliphatic heterocycles. The Bertz CT molecular complexity index is 505. The van der Waals surface area contributed by atoms with Gasteiger partial charge in [0.1, 0.15) is 0 Å². The first kappa shape index (κ1) is 12.5. The highest BCUT2D eigenvalue weighted by molar-refractivity contribution is 5.32. The van der Waals surface area contributed by atoms with Crippen molar-refractivity contribution in [2.75, 3.05) is 0 Å². The van der Waals surface area contributed by atoms with E-state index in [1.807, 2.05) is 0 Å². The summed E-state index contributed by atoms with van der Waals surface area (Å²) in [5, 5.41) is 0. The Labute approximate surface area is 116 Å². The number of fused-ring (bicyclic) bond motifs is 2. The average Bonchev–Trinajstić information content (AvgIpc) is 3.03. The van der Waals surface area contributed by atoms with Gasteiger partial charge in [0, 0.05) is 0 Å². The zero-order chi connectivity index (χ0) is 13.1. The first-order chi connectivity index (χ1) is 9.33. The first-order valence-electron chi connectivity index (χ1n) is 7.46. The number of hydrogen-bond acceptors (Lipinski definition) is 0. The van der Waals surface area contributed by atoms with Gasteiger partial charge in [0.2, 0.25) is 0 Å². The SMILES string of the molecule is CC1Cc2ccccc2C1.c1ccc2c(c1)CCC2. The molecule has 0 heterocycles. The third kappa shape index (κ3) is 2.89. The Hall–Kier alpha value is -1.56. The van der Waals surface area contributed by atoms with Crippen LogP contribution in [-0.2, 0) is 25.7 Å². The van der Waals surface area contributed by atoms with Crippen molar-refractivity contribution < 1.29 is 0 Å². The molecule has 0 nitrogen and oxygen atoms in total. The van der Waals surface area contributed by atoms with Crippen LogP contribution in [0.25, 0.3) is 0 Å². The van der Waals surface area contributed by atoms with Gasteiger partial charge in [-0.05, 0) is 60.3 Å². The highest BCUT2D eigenvalue weighted by atomic mass is 14.2. The molecule has 0 heteroatoms. The number of hydrogen-bond donors (Lipinski definition) is 0. The van der Waals surface area contributed by atoms with E-state index in [0.717, 1.165) is 5.92 Å². The van der Waals surface area contributed by atoms with Gasteiger partial charge in [-0.15, -0.1) is 0 Å². The average molecular weight is 250 g/mol. The van der Waals surface area contributed by atoms with Crippen LogP contribution in [-0.4, -0.2) is 0 Å². The first-order valence-corrected chi connectivity index (χ1v) is 7.46. The van der Waals surface area contributed by atoms with Gasteiger partial charge in [-0.1, -0.05) is 55.5 Å². The lowest BCUT2D eigenvalue weighted by Crippen LogP contribution is -1.89. The third-order valence-corrected chi connectivity index (χ3v) is 4.27. The maximum Gasteiger partial charge on any atom is -0.0247 e. The quantitative estimate of drug-likeness (QED) is 0.641. The lowest BCUT2D eigenvalue weighted by atomic mass is 10.1. The molecule has 0 aromatic heterocycles. The molecule has 0 N–H and O–H groups in total. The summed E-state index contributed by atoms with van der Waals surface area (Å²) >= 11 is 0. The molecule has 0 spiro atoms. The topological polar surface area (TPSA) is 0 Å². The molecule has 0 saturated carbocycles. The van der Waals surface area contributed by atoms with Crippen molar-refractivity contribution >= 4 is 0 Å². The van der Waals surface area contributed by atoms with E-state index in [0.29, 0.717) is 0 Å². The van der Waals surface area contributed by atoms with E-state index in [1.54, 1.807) is 22.3 Å². The second-order valence-electron chi connectivity index (χ2n) is 5.90. The van der Waals surface area contributed by atoms with E-state index in [1.165, 1.54) is 32.1 Å². The normalized spacial score (nSPS) is 16.5. The van der Waals surface area contributed by atoms with Crippen LogP contribution in [0.5, 0.6) is 0 Å². The predicted molar refractivity (Wildman–Crippen MR) is 81.5 cm³/mol. The van der Waals surface area contributed by atoms with Crippen LogP contribution in [0.4, 0.5) is 0 Å². The van der Waals surface area contributed by atoms with Crippen molar-refractivity contribution in [3.05, 3.63) is 70.8 Å². The van der Waals surface area contributed by atoms with Crippen molar-refractivity contribution in [1.82, 2.24) is 0 Å². The second-order valence-corrected chi connectivity index (χ2v) is 5.90. The molecule has 0 bridgehead atoms. The number of benzene rings is 2. The largest absolute Gasteiger partial charge is 0.0620 e. The lowest BCUT2D eigenvalue weighted by Gasteiger charge is -1.93. The van der Waals surface area contributed by atoms with Crippen molar-refractivity contribution in [1.29, 1.82) is 0 Å². The molecular weight excluding hydrogens is 228 g/mol. The van der Waals surface area contributed by atoms with Crippen LogP contribution >= 0.6 is 0 Å². The summed E-state index contributed by atoms with van der Waals surface area (Å²) in [6.07, 6.45) is 6.54. The van der Waals surface area contributed by atoms with Gasteiger partial charge in [0.15, 0.2) is 0 Å². The molecule has 0 saturated heterocycles. The zero-order valence-corrected chi connectivity index (χ0v) is 11.7. The van der Waals surface area contributed by atoms with Gasteiger partial charge in [-0.2, -0.15) is 0 Å². The minimum Gasteiger partial charge on any atom is -0.0620 e. The Kier molecular flexibility index (Phi) is 3.68. The van der Waals surface area contributed by atoms with Crippen LogP contribution in [0.2, 0.25) is 0 Å². The molecule has 19 heavy (non-hydrogen) atoms. The fourth-order valence-electron chi connectivity index (χ4n) is 3.29. The number of rotatable bonds is 0. The summed E-state index contributed by atoms with van der Waals surface area (Å²) in [4.78, 5) is 0. The van der Waals surface area contributed by atoms with Crippen molar-refractivity contribution in [3.63, 3.8) is 0 Å². The van der Waals surface area contributed by atoms with Crippen LogP contribution in [0, 0.1) is 5.92 Å². The summed E-state index contributed by atoms with van der Waals surface area (Å²) in [6, 6.07) is 17.5. The van der Waals surface area contributed by atoms with Crippen molar-refractivity contribution in [2.45, 2.75) is 39.0 Å². The van der Waals surface area contributed by atoms with E-state index in [9.17, 15) is 0 Å². The Morgan fingerprint density at radius 1 is 0.684 bits per heavy atom. The molecule has 0 amide bonds. The molecule has 2 aromatic rings. The second kappa shape index (κ2) is 5.61. The summed E-state index contributed by atoms with van der Waals surface area (Å²) in [5.74, 6) is 0.873. The molecule has 0 unspecified atom stereocenters. The molecule has 2 aliphatic rings. The monoisotopic (exact) mass is 250 g/mol. The standard InChI is InChI=1S/C10H12.C9H10/c1-8-6-9-4-2-3-5-10(9)7-8;1-2-5-9-7-3-6-8(9)4-1/h2-5,8H,6-7H2,1H3;1-2,4-5H,3,6-7H2. The van der Waals surface area contributed by atoms with Gasteiger partial charge < -0.3 is 0 Å². The molecule has 0 fully saturated rings. The fraction of sp³-hybridized carbons (Fsp3) is 0.368. The third-order valence-electron chi connectivity index (χ3n) is 4.27. The predicted octanol–water partition coefficient (Wildman–Crippen LogP) is 4.60. The molecule has 2 aromatic carbocycles. The molecule has 0 atom stereocenters. The molecule has 2 aliphatic carbocycles. The number of aryl methyl sites for hydroxylation is 2. The Morgan fingerprint density at radius 3 is 1.58 bits per heavy atom. The van der Waals surface area contributed by atoms with E-state index in [4.69, 9.17) is 0 Å². The van der Waals surface area contributed by atoms with Gasteiger partial charge in [-0.3, -0.25) is 0 Å². The van der Waals surface area contributed by atoms with Crippen LogP contribution in [0.15, 0.2) is 48.5 Å². The Morgan fingerprint density at radius 2 is 1.11 bits per heavy atom. The van der Waals surface area contributed by atoms with E-state index >= 15 is 0 Å². The highest BCUT2D eigenvalue weighted by Crippen LogP contribution is 2.25. The summed E-state index contributed by atoms with van der Waals surface area (Å²) in [5.41, 5.74) is 6.26. The van der Waals surface area contributed by atoms with Crippen LogP contribution in [0.3, 0.4) is 0 Å². The van der Waals surface area contributed by atoms with Crippen LogP contribution in [0.1, 0.15) is 35.6 Å². The highest BCUT2D eigenvalue weighted by Gasteiger charge is 2.15. The van der Waals surface area contributed by atoms with E-state index < -0.39 is 0 Å². The van der Waals surface area contributed by atoms with E-state index in [2.05, 4.69) is 55.5 Å². The summed E-state index contributed by atoms with van der Waals surface area (Å²) < 4.78 is 0. The summed E-state index contributed by atoms with van der Waals surface area (Å²) in [7, 11) is 0. The van der Waals surface area contributed by atoms with Gasteiger partial charge in [-0.25, -0.2) is 0 Å². The molecular formula is C19H22. The lowest BCUT2D eigenvalue weighted by molar-refractivity contribution is 0.628. The minimum atomic E-state index is 0.873. The molecule has 98 valence electrons. The summed E-state index contributed by atoms with van der Waals surface area (Å²) in [6.45, 7) is 2.32. The van der Waals surface area contributed by atoms with Crippen LogP contribution < -0.4 is 0 Å². The maximum atomic E-state index is 2.32. The van der Waals surface area contributed by atoms with Crippen molar-refractivity contribution in [3.8, 4) is 0 Å². The Balaban J connectivity index is 0.000000117. The van der Waals surface area contributed by atoms with Gasteiger partial charge >= 0.3 is 0 Å². The maximum absolute atomic E-state index is 2.32. The zero-order valence-electron chi connectivity index (χ0n) is 11.7. The van der Waals surface area contributed by atoms with E-state index in [-0.39, 0.29) is 0 Å². The fourth-order valence-corrected chi connectivity index (χ4v) is 3.29. The molecule has 0 radical (unpaired) electrons. The minimum absolute atomic E-state index is 0.873. The van der Waals surface area contributed by atoms with Gasteiger partial charge in [0.05, 0.1) is 0 Å². The molecule has 4 rings (SSSR count). The van der Waals surface area contributed by atoms with Crippen molar-refractivity contribution in [2.24, 2.45) is 5.92 Å². The van der Waals surface area contributed by atoms with Gasteiger partial charge in [0.25, 0.3) is 0 Å².